The van der Waals surface area contributed by atoms with E-state index < -0.39 is 0 Å². The van der Waals surface area contributed by atoms with Crippen molar-refractivity contribution in [3.63, 3.8) is 0 Å². The molecule has 7 heteroatoms. The third-order valence-electron chi connectivity index (χ3n) is 3.53. The molecule has 24 heavy (non-hydrogen) atoms. The van der Waals surface area contributed by atoms with E-state index in [0.29, 0.717) is 17.3 Å². The molecule has 1 aromatic carbocycles. The molecule has 0 aliphatic rings. The Morgan fingerprint density at radius 2 is 1.79 bits per heavy atom. The smallest absolute Gasteiger partial charge is 0.223 e. The SMILES string of the molecule is Nc1ncccc1-c1cccc(-n2nnc(-c3ccccn3)n2)c1. The second-order valence-electron chi connectivity index (χ2n) is 5.10. The molecule has 2 N–H and O–H groups in total. The normalized spacial score (nSPS) is 10.7. The lowest BCUT2D eigenvalue weighted by atomic mass is 10.1. The standard InChI is InChI=1S/C17H13N7/c18-16-14(7-4-10-20-16)12-5-3-6-13(11-12)24-22-17(21-23-24)15-8-1-2-9-19-15/h1-11H,(H2,18,20). The van der Waals surface area contributed by atoms with Gasteiger partial charge in [0.2, 0.25) is 5.82 Å². The van der Waals surface area contributed by atoms with Crippen LogP contribution in [0.25, 0.3) is 28.3 Å². The predicted octanol–water partition coefficient (Wildman–Crippen LogP) is 2.37. The van der Waals surface area contributed by atoms with E-state index in [1.54, 1.807) is 12.4 Å². The van der Waals surface area contributed by atoms with Crippen LogP contribution < -0.4 is 5.73 Å². The second-order valence-corrected chi connectivity index (χ2v) is 5.10. The van der Waals surface area contributed by atoms with Gasteiger partial charge in [-0.25, -0.2) is 4.98 Å². The largest absolute Gasteiger partial charge is 0.383 e. The number of pyridine rings is 2. The number of hydrogen-bond donors (Lipinski definition) is 1. The Hall–Kier alpha value is -3.61. The van der Waals surface area contributed by atoms with E-state index in [1.165, 1.54) is 4.80 Å². The van der Waals surface area contributed by atoms with Gasteiger partial charge in [-0.15, -0.1) is 15.0 Å². The number of nitrogen functional groups attached to an aromatic ring is 1. The summed E-state index contributed by atoms with van der Waals surface area (Å²) in [7, 11) is 0. The number of anilines is 1. The van der Waals surface area contributed by atoms with Crippen LogP contribution in [0.3, 0.4) is 0 Å². The van der Waals surface area contributed by atoms with Crippen LogP contribution in [0.5, 0.6) is 0 Å². The molecule has 7 nitrogen and oxygen atoms in total. The zero-order chi connectivity index (χ0) is 16.4. The van der Waals surface area contributed by atoms with Crippen molar-refractivity contribution in [3.05, 3.63) is 67.0 Å². The molecule has 0 radical (unpaired) electrons. The third-order valence-corrected chi connectivity index (χ3v) is 3.53. The van der Waals surface area contributed by atoms with Crippen LogP contribution in [0.2, 0.25) is 0 Å². The third kappa shape index (κ3) is 2.58. The van der Waals surface area contributed by atoms with Crippen molar-refractivity contribution in [1.82, 2.24) is 30.2 Å². The van der Waals surface area contributed by atoms with Crippen LogP contribution in [-0.4, -0.2) is 30.2 Å². The lowest BCUT2D eigenvalue weighted by Gasteiger charge is -2.06. The molecule has 0 saturated carbocycles. The Morgan fingerprint density at radius 1 is 0.875 bits per heavy atom. The topological polar surface area (TPSA) is 95.4 Å². The van der Waals surface area contributed by atoms with Crippen LogP contribution in [0.4, 0.5) is 5.82 Å². The summed E-state index contributed by atoms with van der Waals surface area (Å²) in [6, 6.07) is 17.1. The van der Waals surface area contributed by atoms with Crippen LogP contribution in [-0.2, 0) is 0 Å². The highest BCUT2D eigenvalue weighted by Gasteiger charge is 2.09. The molecule has 0 spiro atoms. The summed E-state index contributed by atoms with van der Waals surface area (Å²) in [4.78, 5) is 9.82. The minimum atomic E-state index is 0.474. The van der Waals surface area contributed by atoms with Gasteiger partial charge in [0.1, 0.15) is 11.5 Å². The van der Waals surface area contributed by atoms with Gasteiger partial charge in [-0.05, 0) is 47.2 Å². The molecule has 4 aromatic rings. The van der Waals surface area contributed by atoms with Gasteiger partial charge < -0.3 is 5.73 Å². The summed E-state index contributed by atoms with van der Waals surface area (Å²) in [5.74, 6) is 0.956. The summed E-state index contributed by atoms with van der Waals surface area (Å²) < 4.78 is 0. The fourth-order valence-corrected chi connectivity index (χ4v) is 2.38. The van der Waals surface area contributed by atoms with Gasteiger partial charge >= 0.3 is 0 Å². The fourth-order valence-electron chi connectivity index (χ4n) is 2.38. The molecular weight excluding hydrogens is 302 g/mol. The molecule has 0 atom stereocenters. The molecule has 0 aliphatic heterocycles. The average Bonchev–Trinajstić information content (AvgIpc) is 3.13. The number of aromatic nitrogens is 6. The van der Waals surface area contributed by atoms with Crippen molar-refractivity contribution in [2.24, 2.45) is 0 Å². The lowest BCUT2D eigenvalue weighted by molar-refractivity contribution is 0.720. The first-order valence-electron chi connectivity index (χ1n) is 7.34. The van der Waals surface area contributed by atoms with Crippen LogP contribution in [0, 0.1) is 0 Å². The maximum atomic E-state index is 5.95. The van der Waals surface area contributed by atoms with E-state index in [4.69, 9.17) is 5.73 Å². The molecule has 116 valence electrons. The maximum absolute atomic E-state index is 5.95. The van der Waals surface area contributed by atoms with Crippen molar-refractivity contribution in [2.75, 3.05) is 5.73 Å². The molecule has 0 saturated heterocycles. The van der Waals surface area contributed by atoms with Gasteiger partial charge in [0, 0.05) is 18.0 Å². The monoisotopic (exact) mass is 315 g/mol. The van der Waals surface area contributed by atoms with Gasteiger partial charge in [0.05, 0.1) is 5.69 Å². The van der Waals surface area contributed by atoms with Crippen molar-refractivity contribution in [1.29, 1.82) is 0 Å². The van der Waals surface area contributed by atoms with E-state index in [0.717, 1.165) is 16.8 Å². The van der Waals surface area contributed by atoms with E-state index in [1.807, 2.05) is 54.6 Å². The van der Waals surface area contributed by atoms with Gasteiger partial charge in [-0.1, -0.05) is 18.2 Å². The molecule has 0 aliphatic carbocycles. The molecule has 0 fully saturated rings. The summed E-state index contributed by atoms with van der Waals surface area (Å²) in [6.45, 7) is 0. The minimum Gasteiger partial charge on any atom is -0.383 e. The lowest BCUT2D eigenvalue weighted by Crippen LogP contribution is -2.00. The summed E-state index contributed by atoms with van der Waals surface area (Å²) >= 11 is 0. The number of benzene rings is 1. The summed E-state index contributed by atoms with van der Waals surface area (Å²) in [6.07, 6.45) is 3.36. The number of rotatable bonds is 3. The number of hydrogen-bond acceptors (Lipinski definition) is 6. The zero-order valence-corrected chi connectivity index (χ0v) is 12.6. The van der Waals surface area contributed by atoms with E-state index in [-0.39, 0.29) is 0 Å². The van der Waals surface area contributed by atoms with Crippen LogP contribution in [0.1, 0.15) is 0 Å². The van der Waals surface area contributed by atoms with Gasteiger partial charge in [0.15, 0.2) is 0 Å². The van der Waals surface area contributed by atoms with Crippen molar-refractivity contribution in [3.8, 4) is 28.3 Å². The van der Waals surface area contributed by atoms with Crippen molar-refractivity contribution < 1.29 is 0 Å². The minimum absolute atomic E-state index is 0.474. The zero-order valence-electron chi connectivity index (χ0n) is 12.6. The quantitative estimate of drug-likeness (QED) is 0.623. The first-order valence-corrected chi connectivity index (χ1v) is 7.34. The molecule has 0 unspecified atom stereocenters. The molecule has 3 aromatic heterocycles. The van der Waals surface area contributed by atoms with Crippen LogP contribution in [0.15, 0.2) is 67.0 Å². The number of nitrogens with zero attached hydrogens (tertiary/aromatic N) is 6. The molecular formula is C17H13N7. The Kier molecular flexibility index (Phi) is 3.43. The molecule has 0 bridgehead atoms. The predicted molar refractivity (Wildman–Crippen MR) is 90.0 cm³/mol. The molecule has 4 rings (SSSR count). The fraction of sp³-hybridized carbons (Fsp3) is 0. The first-order chi connectivity index (χ1) is 11.8. The van der Waals surface area contributed by atoms with Gasteiger partial charge in [-0.2, -0.15) is 0 Å². The molecule has 3 heterocycles. The maximum Gasteiger partial charge on any atom is 0.223 e. The Morgan fingerprint density at radius 3 is 2.62 bits per heavy atom. The Bertz CT molecular complexity index is 979. The average molecular weight is 315 g/mol. The van der Waals surface area contributed by atoms with E-state index in [2.05, 4.69) is 25.4 Å². The number of tetrazole rings is 1. The van der Waals surface area contributed by atoms with E-state index >= 15 is 0 Å². The highest BCUT2D eigenvalue weighted by Crippen LogP contribution is 2.25. The highest BCUT2D eigenvalue weighted by molar-refractivity contribution is 5.74. The second kappa shape index (κ2) is 5.88. The van der Waals surface area contributed by atoms with E-state index in [9.17, 15) is 0 Å². The Labute approximate surface area is 137 Å². The first kappa shape index (κ1) is 14.0. The van der Waals surface area contributed by atoms with Gasteiger partial charge in [0.25, 0.3) is 0 Å². The van der Waals surface area contributed by atoms with Crippen molar-refractivity contribution in [2.45, 2.75) is 0 Å². The molecule has 0 amide bonds. The highest BCUT2D eigenvalue weighted by atomic mass is 15.6. The summed E-state index contributed by atoms with van der Waals surface area (Å²) in [5, 5.41) is 12.6. The number of nitrogens with two attached hydrogens (primary N) is 1. The van der Waals surface area contributed by atoms with Gasteiger partial charge in [-0.3, -0.25) is 4.98 Å². The summed E-state index contributed by atoms with van der Waals surface area (Å²) in [5.41, 5.74) is 9.22. The Balaban J connectivity index is 1.72. The van der Waals surface area contributed by atoms with Crippen LogP contribution >= 0.6 is 0 Å². The van der Waals surface area contributed by atoms with Crippen molar-refractivity contribution >= 4 is 5.82 Å².